The lowest BCUT2D eigenvalue weighted by Crippen LogP contribution is -2.18. The molecule has 0 spiro atoms. The third kappa shape index (κ3) is 8.27. The quantitative estimate of drug-likeness (QED) is 0.434. The minimum absolute atomic E-state index is 0.745. The van der Waals surface area contributed by atoms with Gasteiger partial charge < -0.3 is 11.1 Å². The minimum atomic E-state index is 0.745. The summed E-state index contributed by atoms with van der Waals surface area (Å²) < 4.78 is 0. The highest BCUT2D eigenvalue weighted by Crippen LogP contribution is 1.91. The molecular formula is C7H18N2S. The number of thioether (sulfide) groups is 1. The first kappa shape index (κ1) is 10.3. The second-order valence-electron chi connectivity index (χ2n) is 2.18. The molecular weight excluding hydrogens is 144 g/mol. The van der Waals surface area contributed by atoms with Crippen molar-refractivity contribution in [2.45, 2.75) is 19.8 Å². The van der Waals surface area contributed by atoms with Crippen molar-refractivity contribution in [1.29, 1.82) is 0 Å². The van der Waals surface area contributed by atoms with Crippen molar-refractivity contribution >= 4 is 11.8 Å². The highest BCUT2D eigenvalue weighted by atomic mass is 32.2. The van der Waals surface area contributed by atoms with Crippen LogP contribution < -0.4 is 11.1 Å². The standard InChI is InChI=1S/C7H18N2S/c1-2-3-4-9-5-6-10-7-8/h9H,2-8H2,1H3. The lowest BCUT2D eigenvalue weighted by molar-refractivity contribution is 0.666. The molecule has 3 N–H and O–H groups in total. The average Bonchev–Trinajstić information content (AvgIpc) is 1.97. The molecule has 0 aliphatic rings. The molecule has 0 radical (unpaired) electrons. The van der Waals surface area contributed by atoms with Gasteiger partial charge in [-0.1, -0.05) is 13.3 Å². The fourth-order valence-corrected chi connectivity index (χ4v) is 1.11. The molecule has 0 rings (SSSR count). The van der Waals surface area contributed by atoms with Gasteiger partial charge in [0.1, 0.15) is 0 Å². The van der Waals surface area contributed by atoms with E-state index in [2.05, 4.69) is 12.2 Å². The Balaban J connectivity index is 2.65. The lowest BCUT2D eigenvalue weighted by Gasteiger charge is -2.01. The molecule has 10 heavy (non-hydrogen) atoms. The minimum Gasteiger partial charge on any atom is -0.322 e. The van der Waals surface area contributed by atoms with Gasteiger partial charge in [-0.2, -0.15) is 0 Å². The van der Waals surface area contributed by atoms with Gasteiger partial charge in [0, 0.05) is 18.2 Å². The summed E-state index contributed by atoms with van der Waals surface area (Å²) in [4.78, 5) is 0. The van der Waals surface area contributed by atoms with Crippen molar-refractivity contribution in [2.75, 3.05) is 24.7 Å². The molecule has 0 bridgehead atoms. The zero-order valence-corrected chi connectivity index (χ0v) is 7.54. The fourth-order valence-electron chi connectivity index (χ4n) is 0.654. The highest BCUT2D eigenvalue weighted by molar-refractivity contribution is 7.99. The number of unbranched alkanes of at least 4 members (excludes halogenated alkanes) is 1. The third-order valence-electron chi connectivity index (χ3n) is 1.25. The van der Waals surface area contributed by atoms with Gasteiger partial charge in [0.2, 0.25) is 0 Å². The summed E-state index contributed by atoms with van der Waals surface area (Å²) in [5, 5.41) is 3.34. The van der Waals surface area contributed by atoms with E-state index in [1.54, 1.807) is 11.8 Å². The van der Waals surface area contributed by atoms with Crippen LogP contribution in [0.25, 0.3) is 0 Å². The predicted molar refractivity (Wildman–Crippen MR) is 49.3 cm³/mol. The van der Waals surface area contributed by atoms with Crippen LogP contribution in [0.15, 0.2) is 0 Å². The van der Waals surface area contributed by atoms with Crippen LogP contribution in [0, 0.1) is 0 Å². The van der Waals surface area contributed by atoms with Crippen molar-refractivity contribution in [1.82, 2.24) is 5.32 Å². The Labute approximate surface area is 67.9 Å². The van der Waals surface area contributed by atoms with Crippen LogP contribution in [-0.4, -0.2) is 24.7 Å². The Morgan fingerprint density at radius 1 is 1.40 bits per heavy atom. The van der Waals surface area contributed by atoms with Crippen LogP contribution in [0.3, 0.4) is 0 Å². The Morgan fingerprint density at radius 3 is 2.80 bits per heavy atom. The summed E-state index contributed by atoms with van der Waals surface area (Å²) in [6.45, 7) is 4.46. The highest BCUT2D eigenvalue weighted by Gasteiger charge is 1.85. The molecule has 0 aromatic rings. The normalized spacial score (nSPS) is 10.2. The number of rotatable bonds is 7. The molecule has 0 atom stereocenters. The first-order valence-corrected chi connectivity index (χ1v) is 5.05. The van der Waals surface area contributed by atoms with Crippen LogP contribution in [0.1, 0.15) is 19.8 Å². The Morgan fingerprint density at radius 2 is 2.20 bits per heavy atom. The third-order valence-corrected chi connectivity index (χ3v) is 1.98. The number of hydrogen-bond donors (Lipinski definition) is 2. The molecule has 0 fully saturated rings. The molecule has 0 saturated heterocycles. The van der Waals surface area contributed by atoms with E-state index in [4.69, 9.17) is 5.73 Å². The van der Waals surface area contributed by atoms with E-state index in [9.17, 15) is 0 Å². The summed E-state index contributed by atoms with van der Waals surface area (Å²) in [5.74, 6) is 1.88. The van der Waals surface area contributed by atoms with Gasteiger partial charge in [-0.25, -0.2) is 0 Å². The molecule has 0 aromatic heterocycles. The number of nitrogens with two attached hydrogens (primary N) is 1. The fraction of sp³-hybridized carbons (Fsp3) is 1.00. The maximum Gasteiger partial charge on any atom is 0.0393 e. The van der Waals surface area contributed by atoms with Gasteiger partial charge in [-0.15, -0.1) is 11.8 Å². The summed E-state index contributed by atoms with van der Waals surface area (Å²) >= 11 is 1.78. The van der Waals surface area contributed by atoms with Crippen LogP contribution in [-0.2, 0) is 0 Å². The Kier molecular flexibility index (Phi) is 9.52. The second kappa shape index (κ2) is 9.27. The molecule has 3 heteroatoms. The van der Waals surface area contributed by atoms with Crippen LogP contribution in [0.2, 0.25) is 0 Å². The SMILES string of the molecule is CCCCNCCSCN. The summed E-state index contributed by atoms with van der Waals surface area (Å²) in [5.41, 5.74) is 5.30. The molecule has 0 aliphatic carbocycles. The van der Waals surface area contributed by atoms with Crippen LogP contribution in [0.5, 0.6) is 0 Å². The molecule has 0 saturated carbocycles. The maximum absolute atomic E-state index is 5.30. The molecule has 0 aromatic carbocycles. The van der Waals surface area contributed by atoms with Gasteiger partial charge in [-0.05, 0) is 13.0 Å². The number of hydrogen-bond acceptors (Lipinski definition) is 3. The maximum atomic E-state index is 5.30. The van der Waals surface area contributed by atoms with Crippen molar-refractivity contribution in [3.05, 3.63) is 0 Å². The average molecular weight is 162 g/mol. The van der Waals surface area contributed by atoms with E-state index in [1.165, 1.54) is 12.8 Å². The van der Waals surface area contributed by atoms with E-state index in [0.29, 0.717) is 0 Å². The van der Waals surface area contributed by atoms with E-state index in [0.717, 1.165) is 24.7 Å². The molecule has 0 amide bonds. The van der Waals surface area contributed by atoms with Crippen LogP contribution >= 0.6 is 11.8 Å². The molecule has 0 heterocycles. The molecule has 0 unspecified atom stereocenters. The van der Waals surface area contributed by atoms with Crippen molar-refractivity contribution in [3.63, 3.8) is 0 Å². The second-order valence-corrected chi connectivity index (χ2v) is 3.33. The van der Waals surface area contributed by atoms with E-state index < -0.39 is 0 Å². The van der Waals surface area contributed by atoms with Gasteiger partial charge >= 0.3 is 0 Å². The molecule has 2 nitrogen and oxygen atoms in total. The van der Waals surface area contributed by atoms with E-state index in [1.807, 2.05) is 0 Å². The smallest absolute Gasteiger partial charge is 0.0393 e. The Bertz CT molecular complexity index is 51.6. The molecule has 0 aliphatic heterocycles. The van der Waals surface area contributed by atoms with E-state index >= 15 is 0 Å². The largest absolute Gasteiger partial charge is 0.322 e. The zero-order chi connectivity index (χ0) is 7.66. The first-order valence-electron chi connectivity index (χ1n) is 3.90. The topological polar surface area (TPSA) is 38.0 Å². The lowest BCUT2D eigenvalue weighted by atomic mass is 10.3. The predicted octanol–water partition coefficient (Wildman–Crippen LogP) is 1.03. The van der Waals surface area contributed by atoms with Gasteiger partial charge in [0.25, 0.3) is 0 Å². The van der Waals surface area contributed by atoms with Crippen molar-refractivity contribution in [3.8, 4) is 0 Å². The van der Waals surface area contributed by atoms with Gasteiger partial charge in [0.05, 0.1) is 0 Å². The summed E-state index contributed by atoms with van der Waals surface area (Å²) in [7, 11) is 0. The summed E-state index contributed by atoms with van der Waals surface area (Å²) in [6, 6.07) is 0. The monoisotopic (exact) mass is 162 g/mol. The van der Waals surface area contributed by atoms with Gasteiger partial charge in [0.15, 0.2) is 0 Å². The first-order chi connectivity index (χ1) is 4.91. The zero-order valence-electron chi connectivity index (χ0n) is 6.73. The van der Waals surface area contributed by atoms with Crippen molar-refractivity contribution < 1.29 is 0 Å². The van der Waals surface area contributed by atoms with Crippen LogP contribution in [0.4, 0.5) is 0 Å². The number of nitrogens with one attached hydrogen (secondary N) is 1. The van der Waals surface area contributed by atoms with Crippen molar-refractivity contribution in [2.24, 2.45) is 5.73 Å². The van der Waals surface area contributed by atoms with Gasteiger partial charge in [-0.3, -0.25) is 0 Å². The summed E-state index contributed by atoms with van der Waals surface area (Å²) in [6.07, 6.45) is 2.56. The molecule has 62 valence electrons. The Hall–Kier alpha value is 0.270. The van der Waals surface area contributed by atoms with E-state index in [-0.39, 0.29) is 0 Å².